The maximum Gasteiger partial charge on any atom is 0.221 e. The Labute approximate surface area is 106 Å². The Hall–Kier alpha value is -1.00. The Bertz CT molecular complexity index is 350. The van der Waals surface area contributed by atoms with Crippen LogP contribution in [0.2, 0.25) is 0 Å². The lowest BCUT2D eigenvalue weighted by atomic mass is 10.2. The Balaban J connectivity index is 1.70. The molecule has 92 valence electrons. The second kappa shape index (κ2) is 6.67. The molecule has 1 atom stereocenters. The fourth-order valence-corrected chi connectivity index (χ4v) is 2.79. The van der Waals surface area contributed by atoms with E-state index in [1.165, 1.54) is 0 Å². The van der Waals surface area contributed by atoms with Crippen molar-refractivity contribution in [3.63, 3.8) is 0 Å². The first kappa shape index (κ1) is 12.5. The molecule has 2 N–H and O–H groups in total. The van der Waals surface area contributed by atoms with Gasteiger partial charge < -0.3 is 10.6 Å². The summed E-state index contributed by atoms with van der Waals surface area (Å²) in [6.45, 7) is 1.64. The van der Waals surface area contributed by atoms with Gasteiger partial charge in [-0.25, -0.2) is 0 Å². The molecular weight excluding hydrogens is 232 g/mol. The fraction of sp³-hybridized carbons (Fsp3) is 0.462. The third-order valence-electron chi connectivity index (χ3n) is 2.76. The Morgan fingerprint density at radius 1 is 1.41 bits per heavy atom. The van der Waals surface area contributed by atoms with Gasteiger partial charge in [0, 0.05) is 37.1 Å². The van der Waals surface area contributed by atoms with Crippen LogP contribution in [-0.4, -0.2) is 30.0 Å². The summed E-state index contributed by atoms with van der Waals surface area (Å²) >= 11 is 1.92. The van der Waals surface area contributed by atoms with E-state index in [1.54, 1.807) is 0 Å². The van der Waals surface area contributed by atoms with E-state index in [2.05, 4.69) is 10.6 Å². The zero-order valence-electron chi connectivity index (χ0n) is 9.82. The summed E-state index contributed by atoms with van der Waals surface area (Å²) in [5.41, 5.74) is 1.15. The standard InChI is InChI=1S/C13H18N2OS/c16-13(8-12-10-17-7-6-14-12)15-9-11-4-2-1-3-5-11/h1-5,12,14H,6-10H2,(H,15,16). The van der Waals surface area contributed by atoms with Gasteiger partial charge >= 0.3 is 0 Å². The lowest BCUT2D eigenvalue weighted by molar-refractivity contribution is -0.121. The molecule has 1 saturated heterocycles. The summed E-state index contributed by atoms with van der Waals surface area (Å²) in [6.07, 6.45) is 0.583. The number of hydrogen-bond donors (Lipinski definition) is 2. The van der Waals surface area contributed by atoms with Crippen molar-refractivity contribution >= 4 is 17.7 Å². The highest BCUT2D eigenvalue weighted by atomic mass is 32.2. The second-order valence-corrected chi connectivity index (χ2v) is 5.34. The van der Waals surface area contributed by atoms with E-state index in [1.807, 2.05) is 42.1 Å². The van der Waals surface area contributed by atoms with Gasteiger partial charge in [-0.05, 0) is 5.56 Å². The van der Waals surface area contributed by atoms with E-state index in [0.29, 0.717) is 19.0 Å². The first-order valence-electron chi connectivity index (χ1n) is 5.96. The predicted octanol–water partition coefficient (Wildman–Crippen LogP) is 1.40. The zero-order chi connectivity index (χ0) is 11.9. The van der Waals surface area contributed by atoms with E-state index >= 15 is 0 Å². The van der Waals surface area contributed by atoms with Crippen LogP contribution in [0.1, 0.15) is 12.0 Å². The van der Waals surface area contributed by atoms with Crippen molar-refractivity contribution < 1.29 is 4.79 Å². The number of nitrogens with one attached hydrogen (secondary N) is 2. The van der Waals surface area contributed by atoms with Crippen LogP contribution in [0.25, 0.3) is 0 Å². The number of rotatable bonds is 4. The molecule has 1 amide bonds. The molecule has 0 aliphatic carbocycles. The summed E-state index contributed by atoms with van der Waals surface area (Å²) in [7, 11) is 0. The van der Waals surface area contributed by atoms with Crippen molar-refractivity contribution in [2.75, 3.05) is 18.1 Å². The highest BCUT2D eigenvalue weighted by Gasteiger charge is 2.16. The van der Waals surface area contributed by atoms with Gasteiger partial charge in [-0.1, -0.05) is 30.3 Å². The number of amides is 1. The SMILES string of the molecule is O=C(CC1CSCCN1)NCc1ccccc1. The molecule has 1 aliphatic rings. The van der Waals surface area contributed by atoms with Crippen molar-refractivity contribution in [1.82, 2.24) is 10.6 Å². The van der Waals surface area contributed by atoms with Crippen LogP contribution in [0.15, 0.2) is 30.3 Å². The highest BCUT2D eigenvalue weighted by Crippen LogP contribution is 2.10. The predicted molar refractivity (Wildman–Crippen MR) is 72.0 cm³/mol. The first-order valence-corrected chi connectivity index (χ1v) is 7.12. The van der Waals surface area contributed by atoms with Crippen molar-refractivity contribution in [3.05, 3.63) is 35.9 Å². The van der Waals surface area contributed by atoms with Crippen LogP contribution in [0.5, 0.6) is 0 Å². The van der Waals surface area contributed by atoms with Crippen LogP contribution < -0.4 is 10.6 Å². The van der Waals surface area contributed by atoms with E-state index in [9.17, 15) is 4.79 Å². The third kappa shape index (κ3) is 4.40. The number of carbonyl (C=O) groups excluding carboxylic acids is 1. The largest absolute Gasteiger partial charge is 0.352 e. The molecular formula is C13H18N2OS. The van der Waals surface area contributed by atoms with Crippen molar-refractivity contribution in [1.29, 1.82) is 0 Å². The van der Waals surface area contributed by atoms with E-state index in [0.717, 1.165) is 23.6 Å². The fourth-order valence-electron chi connectivity index (χ4n) is 1.84. The second-order valence-electron chi connectivity index (χ2n) is 4.19. The van der Waals surface area contributed by atoms with Gasteiger partial charge in [-0.2, -0.15) is 11.8 Å². The smallest absolute Gasteiger partial charge is 0.221 e. The van der Waals surface area contributed by atoms with E-state index < -0.39 is 0 Å². The molecule has 1 aliphatic heterocycles. The molecule has 17 heavy (non-hydrogen) atoms. The quantitative estimate of drug-likeness (QED) is 0.848. The minimum Gasteiger partial charge on any atom is -0.352 e. The first-order chi connectivity index (χ1) is 8.34. The zero-order valence-corrected chi connectivity index (χ0v) is 10.6. The molecule has 0 aromatic heterocycles. The monoisotopic (exact) mass is 250 g/mol. The average Bonchev–Trinajstić information content (AvgIpc) is 2.39. The lowest BCUT2D eigenvalue weighted by Crippen LogP contribution is -2.41. The molecule has 2 rings (SSSR count). The van der Waals surface area contributed by atoms with Crippen LogP contribution in [0, 0.1) is 0 Å². The van der Waals surface area contributed by atoms with Gasteiger partial charge in [0.2, 0.25) is 5.91 Å². The number of benzene rings is 1. The summed E-state index contributed by atoms with van der Waals surface area (Å²) in [5.74, 6) is 2.33. The molecule has 4 heteroatoms. The normalized spacial score (nSPS) is 19.9. The van der Waals surface area contributed by atoms with Crippen molar-refractivity contribution in [3.8, 4) is 0 Å². The summed E-state index contributed by atoms with van der Waals surface area (Å²) < 4.78 is 0. The van der Waals surface area contributed by atoms with Gasteiger partial charge in [-0.15, -0.1) is 0 Å². The highest BCUT2D eigenvalue weighted by molar-refractivity contribution is 7.99. The van der Waals surface area contributed by atoms with Crippen LogP contribution in [0.4, 0.5) is 0 Å². The summed E-state index contributed by atoms with van der Waals surface area (Å²) in [4.78, 5) is 11.7. The number of carbonyl (C=O) groups is 1. The molecule has 0 radical (unpaired) electrons. The summed E-state index contributed by atoms with van der Waals surface area (Å²) in [6, 6.07) is 10.3. The van der Waals surface area contributed by atoms with Crippen molar-refractivity contribution in [2.45, 2.75) is 19.0 Å². The Morgan fingerprint density at radius 3 is 2.94 bits per heavy atom. The Kier molecular flexibility index (Phi) is 4.88. The maximum absolute atomic E-state index is 11.7. The molecule has 1 aromatic carbocycles. The molecule has 1 heterocycles. The average molecular weight is 250 g/mol. The number of hydrogen-bond acceptors (Lipinski definition) is 3. The van der Waals surface area contributed by atoms with Gasteiger partial charge in [0.1, 0.15) is 0 Å². The minimum atomic E-state index is 0.133. The minimum absolute atomic E-state index is 0.133. The van der Waals surface area contributed by atoms with E-state index in [4.69, 9.17) is 0 Å². The molecule has 3 nitrogen and oxygen atoms in total. The topological polar surface area (TPSA) is 41.1 Å². The molecule has 1 fully saturated rings. The number of thioether (sulfide) groups is 1. The molecule has 1 unspecified atom stereocenters. The van der Waals surface area contributed by atoms with Gasteiger partial charge in [0.05, 0.1) is 0 Å². The van der Waals surface area contributed by atoms with Gasteiger partial charge in [-0.3, -0.25) is 4.79 Å². The molecule has 1 aromatic rings. The summed E-state index contributed by atoms with van der Waals surface area (Å²) in [5, 5.41) is 6.32. The molecule has 0 bridgehead atoms. The van der Waals surface area contributed by atoms with Crippen LogP contribution in [0.3, 0.4) is 0 Å². The van der Waals surface area contributed by atoms with Gasteiger partial charge in [0.25, 0.3) is 0 Å². The van der Waals surface area contributed by atoms with Crippen molar-refractivity contribution in [2.24, 2.45) is 0 Å². The Morgan fingerprint density at radius 2 is 2.24 bits per heavy atom. The molecule has 0 spiro atoms. The van der Waals surface area contributed by atoms with Crippen LogP contribution in [-0.2, 0) is 11.3 Å². The third-order valence-corrected chi connectivity index (χ3v) is 3.89. The van der Waals surface area contributed by atoms with E-state index in [-0.39, 0.29) is 5.91 Å². The molecule has 0 saturated carbocycles. The van der Waals surface area contributed by atoms with Gasteiger partial charge in [0.15, 0.2) is 0 Å². The maximum atomic E-state index is 11.7. The van der Waals surface area contributed by atoms with Crippen LogP contribution >= 0.6 is 11.8 Å². The lowest BCUT2D eigenvalue weighted by Gasteiger charge is -2.22.